The third-order valence-corrected chi connectivity index (χ3v) is 10.3. The molecule has 0 aliphatic carbocycles. The van der Waals surface area contributed by atoms with Gasteiger partial charge in [0.2, 0.25) is 0 Å². The van der Waals surface area contributed by atoms with E-state index in [1.807, 2.05) is 33.8 Å². The van der Waals surface area contributed by atoms with Crippen LogP contribution in [0.5, 0.6) is 0 Å². The summed E-state index contributed by atoms with van der Waals surface area (Å²) in [6.45, 7) is 12.3. The number of carbonyl (C=O) groups excluding carboxylic acids is 2. The van der Waals surface area contributed by atoms with Crippen molar-refractivity contribution in [2.75, 3.05) is 26.7 Å². The lowest BCUT2D eigenvalue weighted by Crippen LogP contribution is -2.54. The Balaban J connectivity index is 1.77. The van der Waals surface area contributed by atoms with Crippen LogP contribution < -0.4 is 5.32 Å². The van der Waals surface area contributed by atoms with Crippen LogP contribution in [0, 0.1) is 11.8 Å². The molecule has 0 aromatic carbocycles. The second-order valence-electron chi connectivity index (χ2n) is 14.7. The lowest BCUT2D eigenvalue weighted by atomic mass is 9.88. The Hall–Kier alpha value is -2.81. The molecular formula is C37H60N2O11. The van der Waals surface area contributed by atoms with E-state index in [4.69, 9.17) is 24.1 Å². The van der Waals surface area contributed by atoms with Gasteiger partial charge in [-0.2, -0.15) is 0 Å². The van der Waals surface area contributed by atoms with Crippen molar-refractivity contribution in [1.82, 2.24) is 10.2 Å². The number of carboxylic acids is 1. The summed E-state index contributed by atoms with van der Waals surface area (Å²) in [5.41, 5.74) is -1.50. The molecule has 0 aromatic rings. The summed E-state index contributed by atoms with van der Waals surface area (Å²) in [5, 5.41) is 44.3. The number of esters is 1. The first kappa shape index (κ1) is 41.6. The minimum absolute atomic E-state index is 0.0112. The molecule has 3 aliphatic heterocycles. The number of methoxy groups -OCH3 is 1. The van der Waals surface area contributed by atoms with Gasteiger partial charge in [0.1, 0.15) is 11.7 Å². The Bertz CT molecular complexity index is 1240. The number of carboxylic acid groups (broad SMARTS) is 1. The molecule has 1 amide bonds. The molecule has 13 nitrogen and oxygen atoms in total. The standard InChI is InChI=1S/C37H60N2O11/c1-8-28(41)25(4)34-29(48-34)21-36(5,46)16-9-10-23(2)33-24(3)11-13-30(37(6,47-7)17-15-27(40)20-32(44)50-33)49-35(45)39-19-18-38-26(22-39)12-14-31(42)43/h9-11,13,16,24-30,33-34,38,40-41,46H,8,12,14-15,17-22H2,1-7H3,(H,42,43)/b13-11+,16-9+,23-10+/t24-,25+,26+,27+,28-,29+,30-,33+,34+,36-,37+/m0/s1. The quantitative estimate of drug-likeness (QED) is 0.0813. The lowest BCUT2D eigenvalue weighted by molar-refractivity contribution is -0.151. The Kier molecular flexibility index (Phi) is 15.5. The molecule has 2 saturated heterocycles. The monoisotopic (exact) mass is 708 g/mol. The number of hydrogen-bond acceptors (Lipinski definition) is 11. The second-order valence-corrected chi connectivity index (χ2v) is 14.7. The number of carbonyl (C=O) groups is 3. The predicted molar refractivity (Wildman–Crippen MR) is 186 cm³/mol. The lowest BCUT2D eigenvalue weighted by Gasteiger charge is -2.38. The second kappa shape index (κ2) is 18.6. The smallest absolute Gasteiger partial charge is 0.410 e. The number of aliphatic hydroxyl groups excluding tert-OH is 2. The molecule has 0 aromatic heterocycles. The highest BCUT2D eigenvalue weighted by atomic mass is 16.6. The zero-order valence-electron chi connectivity index (χ0n) is 30.7. The van der Waals surface area contributed by atoms with Crippen molar-refractivity contribution in [2.45, 2.75) is 140 Å². The number of epoxide rings is 1. The normalized spacial score (nSPS) is 34.4. The number of nitrogens with one attached hydrogen (secondary N) is 1. The highest BCUT2D eigenvalue weighted by molar-refractivity contribution is 5.70. The van der Waals surface area contributed by atoms with Gasteiger partial charge in [-0.05, 0) is 58.1 Å². The highest BCUT2D eigenvalue weighted by Crippen LogP contribution is 2.37. The van der Waals surface area contributed by atoms with Crippen molar-refractivity contribution in [3.05, 3.63) is 36.0 Å². The summed E-state index contributed by atoms with van der Waals surface area (Å²) in [5.74, 6) is -1.85. The number of amides is 1. The summed E-state index contributed by atoms with van der Waals surface area (Å²) in [6, 6.07) is -0.173. The van der Waals surface area contributed by atoms with E-state index < -0.39 is 53.6 Å². The molecule has 13 heteroatoms. The third kappa shape index (κ3) is 12.4. The fourth-order valence-corrected chi connectivity index (χ4v) is 6.67. The summed E-state index contributed by atoms with van der Waals surface area (Å²) in [7, 11) is 1.51. The fraction of sp³-hybridized carbons (Fsp3) is 0.757. The van der Waals surface area contributed by atoms with Gasteiger partial charge in [0.25, 0.3) is 0 Å². The molecule has 0 saturated carbocycles. The predicted octanol–water partition coefficient (Wildman–Crippen LogP) is 3.50. The Labute approximate surface area is 296 Å². The summed E-state index contributed by atoms with van der Waals surface area (Å²) in [4.78, 5) is 39.0. The van der Waals surface area contributed by atoms with Gasteiger partial charge in [0.05, 0.1) is 36.4 Å². The van der Waals surface area contributed by atoms with E-state index >= 15 is 0 Å². The van der Waals surface area contributed by atoms with Gasteiger partial charge in [0, 0.05) is 57.5 Å². The topological polar surface area (TPSA) is 188 Å². The maximum absolute atomic E-state index is 13.5. The van der Waals surface area contributed by atoms with E-state index in [9.17, 15) is 29.7 Å². The Morgan fingerprint density at radius 2 is 2.02 bits per heavy atom. The number of piperazine rings is 1. The van der Waals surface area contributed by atoms with Crippen LogP contribution in [0.15, 0.2) is 36.0 Å². The van der Waals surface area contributed by atoms with Crippen molar-refractivity contribution in [3.8, 4) is 0 Å². The van der Waals surface area contributed by atoms with Crippen LogP contribution in [0.2, 0.25) is 0 Å². The maximum Gasteiger partial charge on any atom is 0.410 e. The number of aliphatic hydroxyl groups is 3. The number of rotatable bonds is 13. The van der Waals surface area contributed by atoms with E-state index in [-0.39, 0.29) is 55.8 Å². The minimum Gasteiger partial charge on any atom is -0.481 e. The van der Waals surface area contributed by atoms with Crippen LogP contribution in [0.1, 0.15) is 86.5 Å². The van der Waals surface area contributed by atoms with Crippen LogP contribution in [0.3, 0.4) is 0 Å². The van der Waals surface area contributed by atoms with Gasteiger partial charge in [0.15, 0.2) is 6.10 Å². The van der Waals surface area contributed by atoms with E-state index in [0.717, 1.165) is 0 Å². The number of aliphatic carboxylic acids is 1. The molecule has 3 aliphatic rings. The molecule has 284 valence electrons. The average molecular weight is 709 g/mol. The molecule has 3 rings (SSSR count). The van der Waals surface area contributed by atoms with Gasteiger partial charge >= 0.3 is 18.0 Å². The van der Waals surface area contributed by atoms with E-state index in [1.54, 1.807) is 43.1 Å². The summed E-state index contributed by atoms with van der Waals surface area (Å²) < 4.78 is 23.6. The molecule has 2 fully saturated rings. The van der Waals surface area contributed by atoms with Crippen molar-refractivity contribution < 1.29 is 53.8 Å². The zero-order valence-corrected chi connectivity index (χ0v) is 30.7. The molecule has 0 bridgehead atoms. The van der Waals surface area contributed by atoms with Crippen LogP contribution in [0.25, 0.3) is 0 Å². The van der Waals surface area contributed by atoms with Gasteiger partial charge in [-0.3, -0.25) is 9.59 Å². The molecule has 0 radical (unpaired) electrons. The first-order valence-electron chi connectivity index (χ1n) is 17.9. The first-order chi connectivity index (χ1) is 23.5. The molecule has 0 unspecified atom stereocenters. The average Bonchev–Trinajstić information content (AvgIpc) is 3.83. The number of ether oxygens (including phenoxy) is 4. The van der Waals surface area contributed by atoms with Crippen LogP contribution in [-0.4, -0.2) is 124 Å². The third-order valence-electron chi connectivity index (χ3n) is 10.3. The molecular weight excluding hydrogens is 648 g/mol. The number of hydrogen-bond donors (Lipinski definition) is 5. The molecule has 0 spiro atoms. The zero-order chi connectivity index (χ0) is 37.2. The SMILES string of the molecule is CC[C@H](O)[C@@H](C)[C@H]1O[C@@H]1C[C@@](C)(O)/C=C/C=C(\C)[C@H]1OC(=O)C[C@H](O)CC[C@@](C)(OC)[C@@H](OC(=O)N2CCN[C@H](CCC(=O)O)C2)/C=C/[C@@H]1C. The maximum atomic E-state index is 13.5. The molecule has 50 heavy (non-hydrogen) atoms. The van der Waals surface area contributed by atoms with Gasteiger partial charge in [-0.25, -0.2) is 4.79 Å². The molecule has 5 N–H and O–H groups in total. The Morgan fingerprint density at radius 1 is 1.30 bits per heavy atom. The van der Waals surface area contributed by atoms with Gasteiger partial charge in [-0.1, -0.05) is 45.1 Å². The van der Waals surface area contributed by atoms with Crippen LogP contribution >= 0.6 is 0 Å². The number of allylic oxidation sites excluding steroid dienone is 2. The van der Waals surface area contributed by atoms with Gasteiger partial charge in [-0.15, -0.1) is 0 Å². The first-order valence-corrected chi connectivity index (χ1v) is 17.9. The Morgan fingerprint density at radius 3 is 2.68 bits per heavy atom. The van der Waals surface area contributed by atoms with E-state index in [2.05, 4.69) is 5.32 Å². The van der Waals surface area contributed by atoms with E-state index in [1.165, 1.54) is 7.11 Å². The van der Waals surface area contributed by atoms with Crippen LogP contribution in [0.4, 0.5) is 4.79 Å². The number of nitrogens with zero attached hydrogens (tertiary/aromatic N) is 1. The highest BCUT2D eigenvalue weighted by Gasteiger charge is 2.47. The summed E-state index contributed by atoms with van der Waals surface area (Å²) >= 11 is 0. The van der Waals surface area contributed by atoms with Crippen LogP contribution in [-0.2, 0) is 28.5 Å². The minimum atomic E-state index is -1.17. The largest absolute Gasteiger partial charge is 0.481 e. The van der Waals surface area contributed by atoms with Crippen molar-refractivity contribution in [2.24, 2.45) is 11.8 Å². The van der Waals surface area contributed by atoms with Crippen molar-refractivity contribution >= 4 is 18.0 Å². The fourth-order valence-electron chi connectivity index (χ4n) is 6.67. The molecule has 3 heterocycles. The van der Waals surface area contributed by atoms with Crippen molar-refractivity contribution in [1.29, 1.82) is 0 Å². The number of cyclic esters (lactones) is 1. The van der Waals surface area contributed by atoms with E-state index in [0.29, 0.717) is 44.5 Å². The molecule has 11 atom stereocenters. The van der Waals surface area contributed by atoms with Gasteiger partial charge < -0.3 is 49.6 Å². The van der Waals surface area contributed by atoms with Crippen molar-refractivity contribution in [3.63, 3.8) is 0 Å². The summed E-state index contributed by atoms with van der Waals surface area (Å²) in [6.07, 6.45) is 6.52.